The summed E-state index contributed by atoms with van der Waals surface area (Å²) in [6, 6.07) is 2.93. The van der Waals surface area contributed by atoms with Gasteiger partial charge in [0.2, 0.25) is 0 Å². The van der Waals surface area contributed by atoms with E-state index in [0.717, 1.165) is 11.3 Å². The highest BCUT2D eigenvalue weighted by Gasteiger charge is 2.45. The van der Waals surface area contributed by atoms with Crippen molar-refractivity contribution in [2.45, 2.75) is 59.0 Å². The molecule has 1 aromatic rings. The lowest BCUT2D eigenvalue weighted by Gasteiger charge is -2.40. The van der Waals surface area contributed by atoms with E-state index in [0.29, 0.717) is 32.2 Å². The van der Waals surface area contributed by atoms with Crippen LogP contribution in [-0.2, 0) is 14.3 Å². The first-order valence-electron chi connectivity index (χ1n) is 10.7. The Morgan fingerprint density at radius 2 is 2.00 bits per heavy atom. The van der Waals surface area contributed by atoms with Gasteiger partial charge in [0.05, 0.1) is 18.4 Å². The number of aromatic nitrogens is 1. The van der Waals surface area contributed by atoms with Gasteiger partial charge in [0.15, 0.2) is 5.78 Å². The number of rotatable bonds is 4. The maximum atomic E-state index is 13.5. The number of carbonyl (C=O) groups excluding carboxylic acids is 3. The molecule has 0 spiro atoms. The number of aromatic hydroxyl groups is 1. The van der Waals surface area contributed by atoms with Gasteiger partial charge in [-0.2, -0.15) is 0 Å². The summed E-state index contributed by atoms with van der Waals surface area (Å²) in [5, 5.41) is 10.2. The van der Waals surface area contributed by atoms with Crippen LogP contribution in [0.2, 0.25) is 0 Å². The summed E-state index contributed by atoms with van der Waals surface area (Å²) in [5.41, 5.74) is 0.739. The van der Waals surface area contributed by atoms with Crippen LogP contribution in [-0.4, -0.2) is 51.6 Å². The van der Waals surface area contributed by atoms with E-state index in [9.17, 15) is 19.5 Å². The molecule has 2 heterocycles. The van der Waals surface area contributed by atoms with Gasteiger partial charge < -0.3 is 14.6 Å². The second-order valence-corrected chi connectivity index (χ2v) is 8.82. The Kier molecular flexibility index (Phi) is 6.67. The lowest BCUT2D eigenvalue weighted by Crippen LogP contribution is -2.44. The molecule has 0 radical (unpaired) electrons. The number of nitrogens with zero attached hydrogens (tertiary/aromatic N) is 2. The van der Waals surface area contributed by atoms with E-state index in [4.69, 9.17) is 9.47 Å². The van der Waals surface area contributed by atoms with Crippen molar-refractivity contribution < 1.29 is 29.0 Å². The number of esters is 1. The summed E-state index contributed by atoms with van der Waals surface area (Å²) in [5.74, 6) is -2.64. The van der Waals surface area contributed by atoms with Crippen LogP contribution >= 0.6 is 0 Å². The molecule has 1 aromatic heterocycles. The van der Waals surface area contributed by atoms with Crippen molar-refractivity contribution in [3.05, 3.63) is 35.3 Å². The zero-order valence-corrected chi connectivity index (χ0v) is 18.5. The average molecular weight is 431 g/mol. The third kappa shape index (κ3) is 4.89. The molecule has 2 aliphatic rings. The Hall–Kier alpha value is -2.90. The van der Waals surface area contributed by atoms with Gasteiger partial charge in [-0.15, -0.1) is 0 Å². The molecule has 168 valence electrons. The molecular weight excluding hydrogens is 400 g/mol. The molecule has 1 N–H and O–H groups in total. The summed E-state index contributed by atoms with van der Waals surface area (Å²) in [4.78, 5) is 44.7. The number of allylic oxidation sites excluding steroid dienone is 2. The van der Waals surface area contributed by atoms with Gasteiger partial charge in [-0.1, -0.05) is 0 Å². The van der Waals surface area contributed by atoms with E-state index in [1.54, 1.807) is 32.6 Å². The third-order valence-corrected chi connectivity index (χ3v) is 5.50. The average Bonchev–Trinajstić information content (AvgIpc) is 2.71. The maximum Gasteiger partial charge on any atom is 0.414 e. The predicted octanol–water partition coefficient (Wildman–Crippen LogP) is 3.84. The molecule has 0 bridgehead atoms. The van der Waals surface area contributed by atoms with Crippen LogP contribution in [0.3, 0.4) is 0 Å². The lowest BCUT2D eigenvalue weighted by molar-refractivity contribution is -0.149. The molecule has 1 aliphatic carbocycles. The Bertz CT molecular complexity index is 902. The molecule has 3 rings (SSSR count). The van der Waals surface area contributed by atoms with E-state index >= 15 is 0 Å². The maximum absolute atomic E-state index is 13.5. The third-order valence-electron chi connectivity index (χ3n) is 5.50. The largest absolute Gasteiger partial charge is 0.506 e. The van der Waals surface area contributed by atoms with Crippen LogP contribution in [0.1, 0.15) is 63.9 Å². The summed E-state index contributed by atoms with van der Waals surface area (Å²) >= 11 is 0. The van der Waals surface area contributed by atoms with E-state index in [2.05, 4.69) is 4.98 Å². The smallest absolute Gasteiger partial charge is 0.414 e. The quantitative estimate of drug-likeness (QED) is 0.571. The van der Waals surface area contributed by atoms with Crippen molar-refractivity contribution >= 4 is 17.8 Å². The summed E-state index contributed by atoms with van der Waals surface area (Å²) in [6.07, 6.45) is 3.02. The molecule has 1 amide bonds. The monoisotopic (exact) mass is 430 g/mol. The minimum absolute atomic E-state index is 0.0788. The number of pyridine rings is 1. The van der Waals surface area contributed by atoms with Gasteiger partial charge in [-0.05, 0) is 71.1 Å². The number of Topliss-reactive ketones (excluding diaryl/α,β-unsaturated/α-hetero) is 1. The first kappa shape index (κ1) is 22.8. The number of hydrogen-bond donors (Lipinski definition) is 1. The van der Waals surface area contributed by atoms with Crippen molar-refractivity contribution in [2.24, 2.45) is 11.8 Å². The normalized spacial score (nSPS) is 21.4. The standard InChI is InChI=1S/C23H30N2O6/c1-5-30-21(28)15-10-11-16-14(8-7-13-25(16)22(29)31-23(2,3)4)18(15)20(27)19-17(26)9-6-12-24-19/h6,9,12,15,18,26H,5,7-8,10-11,13H2,1-4H3/t15-,18-/m0/s1. The summed E-state index contributed by atoms with van der Waals surface area (Å²) in [6.45, 7) is 7.83. The van der Waals surface area contributed by atoms with Crippen molar-refractivity contribution in [1.82, 2.24) is 9.88 Å². The zero-order chi connectivity index (χ0) is 22.8. The van der Waals surface area contributed by atoms with E-state index in [-0.39, 0.29) is 18.1 Å². The fourth-order valence-corrected chi connectivity index (χ4v) is 4.31. The summed E-state index contributed by atoms with van der Waals surface area (Å²) < 4.78 is 10.8. The molecule has 8 heteroatoms. The number of ketones is 1. The highest BCUT2D eigenvalue weighted by atomic mass is 16.6. The zero-order valence-electron chi connectivity index (χ0n) is 18.5. The van der Waals surface area contributed by atoms with Crippen molar-refractivity contribution in [3.63, 3.8) is 0 Å². The number of carbonyl (C=O) groups is 3. The van der Waals surface area contributed by atoms with Gasteiger partial charge in [0.25, 0.3) is 0 Å². The molecule has 8 nitrogen and oxygen atoms in total. The summed E-state index contributed by atoms with van der Waals surface area (Å²) in [7, 11) is 0. The van der Waals surface area contributed by atoms with Gasteiger partial charge in [-0.25, -0.2) is 9.78 Å². The minimum Gasteiger partial charge on any atom is -0.506 e. The predicted molar refractivity (Wildman–Crippen MR) is 112 cm³/mol. The number of ether oxygens (including phenoxy) is 2. The molecule has 0 saturated carbocycles. The topological polar surface area (TPSA) is 106 Å². The fraction of sp³-hybridized carbons (Fsp3) is 0.565. The SMILES string of the molecule is CCOC(=O)[C@H]1CCC2=C(CCCN2C(=O)OC(C)(C)C)[C@@H]1C(=O)c1ncccc1O. The van der Waals surface area contributed by atoms with Crippen molar-refractivity contribution in [1.29, 1.82) is 0 Å². The Balaban J connectivity index is 2.04. The van der Waals surface area contributed by atoms with Gasteiger partial charge >= 0.3 is 12.1 Å². The van der Waals surface area contributed by atoms with Crippen LogP contribution < -0.4 is 0 Å². The van der Waals surface area contributed by atoms with Crippen LogP contribution in [0, 0.1) is 11.8 Å². The molecule has 31 heavy (non-hydrogen) atoms. The number of amides is 1. The molecule has 1 aliphatic heterocycles. The van der Waals surface area contributed by atoms with Crippen LogP contribution in [0.25, 0.3) is 0 Å². The van der Waals surface area contributed by atoms with E-state index in [1.165, 1.54) is 18.3 Å². The van der Waals surface area contributed by atoms with Gasteiger partial charge in [-0.3, -0.25) is 14.5 Å². The fourth-order valence-electron chi connectivity index (χ4n) is 4.31. The van der Waals surface area contributed by atoms with Crippen LogP contribution in [0.5, 0.6) is 5.75 Å². The molecule has 0 aromatic carbocycles. The Labute approximate surface area is 182 Å². The Morgan fingerprint density at radius 3 is 2.65 bits per heavy atom. The van der Waals surface area contributed by atoms with Crippen LogP contribution in [0.15, 0.2) is 29.6 Å². The first-order chi connectivity index (χ1) is 14.6. The molecule has 0 fully saturated rings. The second kappa shape index (κ2) is 9.08. The highest BCUT2D eigenvalue weighted by molar-refractivity contribution is 6.02. The highest BCUT2D eigenvalue weighted by Crippen LogP contribution is 2.44. The Morgan fingerprint density at radius 1 is 1.26 bits per heavy atom. The molecule has 0 unspecified atom stereocenters. The number of hydrogen-bond acceptors (Lipinski definition) is 7. The molecular formula is C23H30N2O6. The molecule has 2 atom stereocenters. The van der Waals surface area contributed by atoms with Gasteiger partial charge in [0.1, 0.15) is 17.0 Å². The first-order valence-corrected chi connectivity index (χ1v) is 10.7. The van der Waals surface area contributed by atoms with E-state index in [1.807, 2.05) is 0 Å². The lowest BCUT2D eigenvalue weighted by atomic mass is 9.71. The van der Waals surface area contributed by atoms with Crippen LogP contribution in [0.4, 0.5) is 4.79 Å². The van der Waals surface area contributed by atoms with Crippen molar-refractivity contribution in [3.8, 4) is 5.75 Å². The second-order valence-electron chi connectivity index (χ2n) is 8.82. The van der Waals surface area contributed by atoms with Gasteiger partial charge in [0, 0.05) is 18.4 Å². The van der Waals surface area contributed by atoms with Crippen molar-refractivity contribution in [2.75, 3.05) is 13.2 Å². The minimum atomic E-state index is -0.839. The molecule has 0 saturated heterocycles. The van der Waals surface area contributed by atoms with E-state index < -0.39 is 35.3 Å².